The molecule has 1 aromatic rings. The molecule has 1 fully saturated rings. The van der Waals surface area contributed by atoms with E-state index in [2.05, 4.69) is 16.9 Å². The fourth-order valence-corrected chi connectivity index (χ4v) is 3.61. The Labute approximate surface area is 123 Å². The van der Waals surface area contributed by atoms with Gasteiger partial charge in [-0.25, -0.2) is 0 Å². The van der Waals surface area contributed by atoms with E-state index in [1.165, 1.54) is 25.7 Å². The van der Waals surface area contributed by atoms with Crippen LogP contribution in [0.3, 0.4) is 0 Å². The summed E-state index contributed by atoms with van der Waals surface area (Å²) in [5.41, 5.74) is 1.68. The number of non-ortho nitro benzene ring substituents is 1. The minimum absolute atomic E-state index is 0.115. The van der Waals surface area contributed by atoms with Gasteiger partial charge < -0.3 is 10.6 Å². The number of thioether (sulfide) groups is 1. The number of nitro groups is 1. The number of nitrogens with zero attached hydrogens (tertiary/aromatic N) is 1. The van der Waals surface area contributed by atoms with Crippen LogP contribution in [-0.4, -0.2) is 29.5 Å². The average Bonchev–Trinajstić information content (AvgIpc) is 2.94. The van der Waals surface area contributed by atoms with Gasteiger partial charge in [-0.3, -0.25) is 10.1 Å². The van der Waals surface area contributed by atoms with E-state index < -0.39 is 0 Å². The van der Waals surface area contributed by atoms with Crippen molar-refractivity contribution < 1.29 is 4.92 Å². The Hall–Kier alpha value is -1.43. The van der Waals surface area contributed by atoms with Crippen molar-refractivity contribution in [2.24, 2.45) is 0 Å². The lowest BCUT2D eigenvalue weighted by molar-refractivity contribution is -0.384. The van der Waals surface area contributed by atoms with Gasteiger partial charge in [-0.2, -0.15) is 11.8 Å². The van der Waals surface area contributed by atoms with E-state index in [1.54, 1.807) is 19.2 Å². The van der Waals surface area contributed by atoms with Crippen molar-refractivity contribution in [2.45, 2.75) is 30.4 Å². The minimum Gasteiger partial charge on any atom is -0.388 e. The van der Waals surface area contributed by atoms with Gasteiger partial charge in [0, 0.05) is 41.8 Å². The molecule has 0 amide bonds. The van der Waals surface area contributed by atoms with Crippen molar-refractivity contribution in [2.75, 3.05) is 30.5 Å². The Morgan fingerprint density at radius 2 is 1.95 bits per heavy atom. The summed E-state index contributed by atoms with van der Waals surface area (Å²) < 4.78 is 0.282. The van der Waals surface area contributed by atoms with Crippen LogP contribution >= 0.6 is 11.8 Å². The normalized spacial score (nSPS) is 16.9. The van der Waals surface area contributed by atoms with Crippen LogP contribution in [0, 0.1) is 10.1 Å². The Morgan fingerprint density at radius 3 is 2.50 bits per heavy atom. The zero-order valence-electron chi connectivity index (χ0n) is 11.9. The van der Waals surface area contributed by atoms with Gasteiger partial charge in [0.15, 0.2) is 0 Å². The summed E-state index contributed by atoms with van der Waals surface area (Å²) >= 11 is 1.91. The van der Waals surface area contributed by atoms with E-state index in [4.69, 9.17) is 0 Å². The quantitative estimate of drug-likeness (QED) is 0.618. The summed E-state index contributed by atoms with van der Waals surface area (Å²) in [6, 6.07) is 5.06. The molecule has 0 aromatic heterocycles. The number of nitrogens with one attached hydrogen (secondary N) is 2. The zero-order chi connectivity index (χ0) is 14.6. The fourth-order valence-electron chi connectivity index (χ4n) is 2.70. The van der Waals surface area contributed by atoms with Gasteiger partial charge in [-0.15, -0.1) is 0 Å². The molecule has 6 heteroatoms. The van der Waals surface area contributed by atoms with E-state index >= 15 is 0 Å². The maximum absolute atomic E-state index is 10.9. The van der Waals surface area contributed by atoms with E-state index in [-0.39, 0.29) is 15.4 Å². The first-order valence-corrected chi connectivity index (χ1v) is 8.07. The van der Waals surface area contributed by atoms with Gasteiger partial charge >= 0.3 is 0 Å². The maximum Gasteiger partial charge on any atom is 0.273 e. The average molecular weight is 295 g/mol. The molecule has 1 saturated carbocycles. The van der Waals surface area contributed by atoms with E-state index in [9.17, 15) is 10.1 Å². The van der Waals surface area contributed by atoms with Gasteiger partial charge in [0.05, 0.1) is 4.92 Å². The Kier molecular flexibility index (Phi) is 4.75. The van der Waals surface area contributed by atoms with Gasteiger partial charge in [0.2, 0.25) is 0 Å². The van der Waals surface area contributed by atoms with Crippen LogP contribution in [0.5, 0.6) is 0 Å². The van der Waals surface area contributed by atoms with Crippen molar-refractivity contribution in [3.05, 3.63) is 28.3 Å². The van der Waals surface area contributed by atoms with E-state index in [0.717, 1.165) is 17.9 Å². The molecule has 0 radical (unpaired) electrons. The summed E-state index contributed by atoms with van der Waals surface area (Å²) in [5.74, 6) is 0. The smallest absolute Gasteiger partial charge is 0.273 e. The number of benzene rings is 1. The first-order valence-electron chi connectivity index (χ1n) is 6.85. The third-order valence-electron chi connectivity index (χ3n) is 3.98. The second-order valence-corrected chi connectivity index (χ2v) is 6.50. The largest absolute Gasteiger partial charge is 0.388 e. The molecule has 0 spiro atoms. The van der Waals surface area contributed by atoms with E-state index in [1.807, 2.05) is 17.8 Å². The van der Waals surface area contributed by atoms with Crippen LogP contribution in [0.15, 0.2) is 18.2 Å². The lowest BCUT2D eigenvalue weighted by Crippen LogP contribution is -2.30. The highest BCUT2D eigenvalue weighted by Crippen LogP contribution is 2.40. The Bertz CT molecular complexity index is 487. The number of nitro benzene ring substituents is 1. The van der Waals surface area contributed by atoms with Gasteiger partial charge in [0.25, 0.3) is 5.69 Å². The predicted octanol–water partition coefficient (Wildman–Crippen LogP) is 3.72. The van der Waals surface area contributed by atoms with Crippen LogP contribution in [-0.2, 0) is 0 Å². The van der Waals surface area contributed by atoms with Crippen molar-refractivity contribution in [3.63, 3.8) is 0 Å². The molecular formula is C14H21N3O2S. The summed E-state index contributed by atoms with van der Waals surface area (Å²) in [7, 11) is 1.77. The van der Waals surface area contributed by atoms with Crippen LogP contribution in [0.2, 0.25) is 0 Å². The first-order chi connectivity index (χ1) is 9.58. The van der Waals surface area contributed by atoms with Gasteiger partial charge in [-0.1, -0.05) is 12.8 Å². The fraction of sp³-hybridized carbons (Fsp3) is 0.571. The number of hydrogen-bond acceptors (Lipinski definition) is 5. The van der Waals surface area contributed by atoms with Crippen molar-refractivity contribution >= 4 is 28.8 Å². The molecule has 0 saturated heterocycles. The molecule has 0 bridgehead atoms. The molecule has 2 N–H and O–H groups in total. The topological polar surface area (TPSA) is 67.2 Å². The summed E-state index contributed by atoms with van der Waals surface area (Å²) in [4.78, 5) is 10.6. The number of hydrogen-bond donors (Lipinski definition) is 2. The van der Waals surface area contributed by atoms with Crippen molar-refractivity contribution in [3.8, 4) is 0 Å². The highest BCUT2D eigenvalue weighted by molar-refractivity contribution is 8.00. The van der Waals surface area contributed by atoms with Gasteiger partial charge in [0.1, 0.15) is 0 Å². The molecule has 1 aliphatic carbocycles. The van der Waals surface area contributed by atoms with Crippen LogP contribution in [0.25, 0.3) is 0 Å². The SMILES string of the molecule is CNc1cc(NCC2(SC)CCCC2)cc([N+](=O)[O-])c1. The van der Waals surface area contributed by atoms with Crippen LogP contribution in [0.4, 0.5) is 17.1 Å². The predicted molar refractivity (Wildman–Crippen MR) is 85.8 cm³/mol. The Morgan fingerprint density at radius 1 is 1.30 bits per heavy atom. The summed E-state index contributed by atoms with van der Waals surface area (Å²) in [6.07, 6.45) is 7.14. The molecular weight excluding hydrogens is 274 g/mol. The third kappa shape index (κ3) is 3.36. The lowest BCUT2D eigenvalue weighted by atomic mass is 10.1. The third-order valence-corrected chi connectivity index (χ3v) is 5.40. The highest BCUT2D eigenvalue weighted by atomic mass is 32.2. The molecule has 20 heavy (non-hydrogen) atoms. The van der Waals surface area contributed by atoms with Crippen LogP contribution < -0.4 is 10.6 Å². The second kappa shape index (κ2) is 6.35. The minimum atomic E-state index is -0.355. The molecule has 5 nitrogen and oxygen atoms in total. The number of anilines is 2. The van der Waals surface area contributed by atoms with Gasteiger partial charge in [-0.05, 0) is 25.2 Å². The molecule has 1 aliphatic rings. The molecule has 0 atom stereocenters. The molecule has 110 valence electrons. The summed E-state index contributed by atoms with van der Waals surface area (Å²) in [6.45, 7) is 0.860. The molecule has 1 aromatic carbocycles. The van der Waals surface area contributed by atoms with Crippen molar-refractivity contribution in [1.82, 2.24) is 0 Å². The van der Waals surface area contributed by atoms with E-state index in [0.29, 0.717) is 0 Å². The molecule has 0 unspecified atom stereocenters. The molecule has 0 heterocycles. The Balaban J connectivity index is 2.12. The zero-order valence-corrected chi connectivity index (χ0v) is 12.8. The summed E-state index contributed by atoms with van der Waals surface area (Å²) in [5, 5.41) is 17.3. The van der Waals surface area contributed by atoms with Crippen LogP contribution in [0.1, 0.15) is 25.7 Å². The first kappa shape index (κ1) is 15.0. The number of rotatable bonds is 6. The highest BCUT2D eigenvalue weighted by Gasteiger charge is 2.32. The standard InChI is InChI=1S/C14H21N3O2S/c1-15-11-7-12(9-13(8-11)17(18)19)16-10-14(20-2)5-3-4-6-14/h7-9,15-16H,3-6,10H2,1-2H3. The van der Waals surface area contributed by atoms with Crippen molar-refractivity contribution in [1.29, 1.82) is 0 Å². The monoisotopic (exact) mass is 295 g/mol. The maximum atomic E-state index is 10.9. The molecule has 2 rings (SSSR count). The second-order valence-electron chi connectivity index (χ2n) is 5.22. The molecule has 0 aliphatic heterocycles. The lowest BCUT2D eigenvalue weighted by Gasteiger charge is -2.27.